The zero-order chi connectivity index (χ0) is 25.3. The van der Waals surface area contributed by atoms with E-state index in [0.29, 0.717) is 25.3 Å². The average Bonchev–Trinajstić information content (AvgIpc) is 2.78. The Morgan fingerprint density at radius 1 is 1.09 bits per heavy atom. The van der Waals surface area contributed by atoms with Gasteiger partial charge in [0.05, 0.1) is 4.47 Å². The lowest BCUT2D eigenvalue weighted by Gasteiger charge is -2.30. The quantitative estimate of drug-likeness (QED) is 0.354. The van der Waals surface area contributed by atoms with Crippen LogP contribution in [0.1, 0.15) is 70.6 Å². The molecular weight excluding hydrogens is 492 g/mol. The number of benzene rings is 2. The van der Waals surface area contributed by atoms with Crippen molar-refractivity contribution in [3.63, 3.8) is 0 Å². The van der Waals surface area contributed by atoms with Gasteiger partial charge in [0.2, 0.25) is 5.91 Å². The molecule has 2 rings (SSSR count). The van der Waals surface area contributed by atoms with Crippen LogP contribution >= 0.6 is 15.9 Å². The summed E-state index contributed by atoms with van der Waals surface area (Å²) in [5.74, 6) is 0.272. The van der Waals surface area contributed by atoms with Crippen LogP contribution in [0, 0.1) is 6.92 Å². The first-order valence-electron chi connectivity index (χ1n) is 12.1. The number of hydrogen-bond acceptors (Lipinski definition) is 3. The van der Waals surface area contributed by atoms with Gasteiger partial charge in [-0.05, 0) is 64.4 Å². The third-order valence-electron chi connectivity index (χ3n) is 5.84. The number of hydrogen-bond donors (Lipinski definition) is 1. The molecule has 0 aliphatic carbocycles. The number of carbonyl (C=O) groups is 2. The second-order valence-electron chi connectivity index (χ2n) is 9.76. The van der Waals surface area contributed by atoms with Gasteiger partial charge >= 0.3 is 0 Å². The van der Waals surface area contributed by atoms with E-state index in [-0.39, 0.29) is 23.8 Å². The maximum atomic E-state index is 13.4. The number of rotatable bonds is 11. The zero-order valence-electron chi connectivity index (χ0n) is 21.4. The van der Waals surface area contributed by atoms with Gasteiger partial charge in [0, 0.05) is 13.1 Å². The smallest absolute Gasteiger partial charge is 0.261 e. The number of ether oxygens (including phenoxy) is 1. The molecule has 0 fully saturated rings. The van der Waals surface area contributed by atoms with Crippen molar-refractivity contribution in [2.24, 2.45) is 0 Å². The standard InChI is InChI=1S/C28H39BrN2O3/c1-7-9-16-30-27(33)24(8-2)31(18-21-12-10-20(3)11-13-21)26(32)19-34-25-15-14-22(17-23(25)29)28(4,5)6/h10-15,17,24H,7-9,16,18-19H2,1-6H3,(H,30,33)/t24-/m0/s1. The molecule has 1 N–H and O–H groups in total. The van der Waals surface area contributed by atoms with Gasteiger partial charge in [0.15, 0.2) is 6.61 Å². The molecule has 186 valence electrons. The molecule has 0 spiro atoms. The highest BCUT2D eigenvalue weighted by Gasteiger charge is 2.29. The summed E-state index contributed by atoms with van der Waals surface area (Å²) in [4.78, 5) is 28.0. The van der Waals surface area contributed by atoms with E-state index in [1.807, 2.05) is 56.3 Å². The minimum Gasteiger partial charge on any atom is -0.483 e. The van der Waals surface area contributed by atoms with Crippen LogP contribution in [0.15, 0.2) is 46.9 Å². The minimum absolute atomic E-state index is 0.0151. The van der Waals surface area contributed by atoms with Crippen LogP contribution in [0.3, 0.4) is 0 Å². The zero-order valence-corrected chi connectivity index (χ0v) is 23.0. The number of amides is 2. The largest absolute Gasteiger partial charge is 0.483 e. The minimum atomic E-state index is -0.555. The Morgan fingerprint density at radius 3 is 2.32 bits per heavy atom. The van der Waals surface area contributed by atoms with Crippen LogP contribution in [-0.4, -0.2) is 35.9 Å². The molecule has 0 saturated heterocycles. The number of carbonyl (C=O) groups excluding carboxylic acids is 2. The summed E-state index contributed by atoms with van der Waals surface area (Å²) in [7, 11) is 0. The maximum Gasteiger partial charge on any atom is 0.261 e. The molecule has 6 heteroatoms. The molecule has 2 aromatic rings. The van der Waals surface area contributed by atoms with Crippen molar-refractivity contribution in [2.45, 2.75) is 78.8 Å². The summed E-state index contributed by atoms with van der Waals surface area (Å²) < 4.78 is 6.71. The van der Waals surface area contributed by atoms with E-state index in [2.05, 4.69) is 48.9 Å². The molecule has 0 radical (unpaired) electrons. The number of halogens is 1. The fourth-order valence-electron chi connectivity index (χ4n) is 3.62. The Morgan fingerprint density at radius 2 is 1.76 bits per heavy atom. The van der Waals surface area contributed by atoms with Crippen molar-refractivity contribution in [1.82, 2.24) is 10.2 Å². The second kappa shape index (κ2) is 12.9. The van der Waals surface area contributed by atoms with E-state index >= 15 is 0 Å². The van der Waals surface area contributed by atoms with Crippen molar-refractivity contribution >= 4 is 27.7 Å². The summed E-state index contributed by atoms with van der Waals surface area (Å²) in [5, 5.41) is 2.99. The number of nitrogens with zero attached hydrogens (tertiary/aromatic N) is 1. The van der Waals surface area contributed by atoms with E-state index in [1.54, 1.807) is 4.90 Å². The lowest BCUT2D eigenvalue weighted by molar-refractivity contribution is -0.143. The van der Waals surface area contributed by atoms with Gasteiger partial charge in [-0.3, -0.25) is 9.59 Å². The first-order valence-corrected chi connectivity index (χ1v) is 12.9. The monoisotopic (exact) mass is 530 g/mol. The third kappa shape index (κ3) is 8.15. The van der Waals surface area contributed by atoms with Gasteiger partial charge in [0.25, 0.3) is 5.91 Å². The fourth-order valence-corrected chi connectivity index (χ4v) is 4.12. The van der Waals surface area contributed by atoms with Crippen molar-refractivity contribution in [1.29, 1.82) is 0 Å². The molecule has 0 aromatic heterocycles. The Balaban J connectivity index is 2.20. The molecule has 0 bridgehead atoms. The molecule has 0 heterocycles. The van der Waals surface area contributed by atoms with Gasteiger partial charge in [0.1, 0.15) is 11.8 Å². The molecular formula is C28H39BrN2O3. The van der Waals surface area contributed by atoms with Crippen molar-refractivity contribution in [2.75, 3.05) is 13.2 Å². The lowest BCUT2D eigenvalue weighted by Crippen LogP contribution is -2.50. The molecule has 0 unspecified atom stereocenters. The Bertz CT molecular complexity index is 951. The van der Waals surface area contributed by atoms with Crippen molar-refractivity contribution < 1.29 is 14.3 Å². The molecule has 2 amide bonds. The van der Waals surface area contributed by atoms with Crippen LogP contribution < -0.4 is 10.1 Å². The SMILES string of the molecule is CCCCNC(=O)[C@H](CC)N(Cc1ccc(C)cc1)C(=O)COc1ccc(C(C)(C)C)cc1Br. The molecule has 1 atom stereocenters. The Kier molecular flexibility index (Phi) is 10.6. The molecule has 5 nitrogen and oxygen atoms in total. The highest BCUT2D eigenvalue weighted by molar-refractivity contribution is 9.10. The second-order valence-corrected chi connectivity index (χ2v) is 10.6. The van der Waals surface area contributed by atoms with Crippen LogP contribution in [-0.2, 0) is 21.5 Å². The number of nitrogens with one attached hydrogen (secondary N) is 1. The average molecular weight is 532 g/mol. The van der Waals surface area contributed by atoms with E-state index in [0.717, 1.165) is 28.4 Å². The molecule has 0 aliphatic rings. The molecule has 0 saturated carbocycles. The predicted molar refractivity (Wildman–Crippen MR) is 142 cm³/mol. The van der Waals surface area contributed by atoms with Crippen LogP contribution in [0.25, 0.3) is 0 Å². The lowest BCUT2D eigenvalue weighted by atomic mass is 9.87. The van der Waals surface area contributed by atoms with Gasteiger partial charge in [-0.1, -0.05) is 76.9 Å². The van der Waals surface area contributed by atoms with E-state index in [4.69, 9.17) is 4.74 Å². The van der Waals surface area contributed by atoms with Crippen LogP contribution in [0.2, 0.25) is 0 Å². The highest BCUT2D eigenvalue weighted by Crippen LogP contribution is 2.31. The molecule has 0 aliphatic heterocycles. The summed E-state index contributed by atoms with van der Waals surface area (Å²) in [6.07, 6.45) is 2.44. The Hall–Kier alpha value is -2.34. The fraction of sp³-hybridized carbons (Fsp3) is 0.500. The van der Waals surface area contributed by atoms with E-state index in [9.17, 15) is 9.59 Å². The Labute approximate surface area is 213 Å². The highest BCUT2D eigenvalue weighted by atomic mass is 79.9. The normalized spacial score (nSPS) is 12.2. The third-order valence-corrected chi connectivity index (χ3v) is 6.46. The van der Waals surface area contributed by atoms with Crippen molar-refractivity contribution in [3.8, 4) is 5.75 Å². The van der Waals surface area contributed by atoms with Crippen LogP contribution in [0.5, 0.6) is 5.75 Å². The topological polar surface area (TPSA) is 58.6 Å². The van der Waals surface area contributed by atoms with Crippen LogP contribution in [0.4, 0.5) is 0 Å². The summed E-state index contributed by atoms with van der Waals surface area (Å²) in [6, 6.07) is 13.4. The first-order chi connectivity index (χ1) is 16.1. The van der Waals surface area contributed by atoms with E-state index in [1.165, 1.54) is 5.56 Å². The van der Waals surface area contributed by atoms with Gasteiger partial charge in [-0.25, -0.2) is 0 Å². The van der Waals surface area contributed by atoms with Gasteiger partial charge in [-0.2, -0.15) is 0 Å². The summed E-state index contributed by atoms with van der Waals surface area (Å²) >= 11 is 3.57. The van der Waals surface area contributed by atoms with Gasteiger partial charge in [-0.15, -0.1) is 0 Å². The molecule has 2 aromatic carbocycles. The maximum absolute atomic E-state index is 13.4. The first kappa shape index (κ1) is 27.9. The summed E-state index contributed by atoms with van der Waals surface area (Å²) in [6.45, 7) is 13.3. The van der Waals surface area contributed by atoms with E-state index < -0.39 is 6.04 Å². The van der Waals surface area contributed by atoms with Crippen molar-refractivity contribution in [3.05, 3.63) is 63.6 Å². The van der Waals surface area contributed by atoms with Gasteiger partial charge < -0.3 is 15.0 Å². The summed E-state index contributed by atoms with van der Waals surface area (Å²) in [5.41, 5.74) is 3.32. The molecule has 34 heavy (non-hydrogen) atoms. The number of unbranched alkanes of at least 4 members (excludes halogenated alkanes) is 1. The number of aryl methyl sites for hydroxylation is 1. The predicted octanol–water partition coefficient (Wildman–Crippen LogP) is 6.16.